The van der Waals surface area contributed by atoms with Gasteiger partial charge in [0.2, 0.25) is 0 Å². The summed E-state index contributed by atoms with van der Waals surface area (Å²) in [5, 5.41) is 27.8. The predicted octanol–water partition coefficient (Wildman–Crippen LogP) is 3.03. The van der Waals surface area contributed by atoms with Crippen molar-refractivity contribution >= 4 is 17.9 Å². The second kappa shape index (κ2) is 16.1. The largest absolute Gasteiger partial charge is 0.493 e. The number of likely N-dealkylation sites (tertiary alicyclic amines) is 1. The van der Waals surface area contributed by atoms with E-state index in [0.717, 1.165) is 42.9 Å². The van der Waals surface area contributed by atoms with Gasteiger partial charge in [-0.25, -0.2) is 0 Å². The highest BCUT2D eigenvalue weighted by atomic mass is 16.5. The molecule has 49 heavy (non-hydrogen) atoms. The van der Waals surface area contributed by atoms with E-state index in [0.29, 0.717) is 37.3 Å². The molecule has 1 unspecified atom stereocenters. The van der Waals surface area contributed by atoms with Gasteiger partial charge in [0, 0.05) is 29.5 Å². The summed E-state index contributed by atoms with van der Waals surface area (Å²) in [5.74, 6) is 0.545. The van der Waals surface area contributed by atoms with Gasteiger partial charge in [0.1, 0.15) is 18.2 Å². The van der Waals surface area contributed by atoms with Crippen LogP contribution in [0.3, 0.4) is 0 Å². The molecule has 2 heterocycles. The molecule has 2 aliphatic carbocycles. The average Bonchev–Trinajstić information content (AvgIpc) is 3.41. The molecule has 2 aromatic rings. The van der Waals surface area contributed by atoms with Crippen LogP contribution in [0.5, 0.6) is 11.5 Å². The molecule has 1 fully saturated rings. The summed E-state index contributed by atoms with van der Waals surface area (Å²) in [7, 11) is 3.91. The van der Waals surface area contributed by atoms with Crippen LogP contribution >= 0.6 is 0 Å². The lowest BCUT2D eigenvalue weighted by atomic mass is 9.53. The van der Waals surface area contributed by atoms with Gasteiger partial charge in [0.15, 0.2) is 17.5 Å². The molecule has 12 nitrogen and oxygen atoms in total. The molecule has 1 spiro atoms. The third kappa shape index (κ3) is 8.20. The van der Waals surface area contributed by atoms with Crippen molar-refractivity contribution in [2.45, 2.75) is 88.5 Å². The summed E-state index contributed by atoms with van der Waals surface area (Å²) in [6.45, 7) is 7.53. The van der Waals surface area contributed by atoms with Gasteiger partial charge in [0.25, 0.3) is 0 Å². The normalized spacial score (nSPS) is 25.3. The Kier molecular flexibility index (Phi) is 12.3. The van der Waals surface area contributed by atoms with Crippen LogP contribution in [0.4, 0.5) is 0 Å². The number of hydrogen-bond acceptors (Lipinski definition) is 8. The SMILES string of the molecule is CC(C)Cc1ccc(C(C)C(=O)O)cc1.COc1ccc2c3c1O[C@H]1[C@@H](O)C=C[C@H]4[C@@H](C2)N(C)CC[C@@]341.NC(N)=NCCC[C@H](N)C(=O)O. The molecular weight excluding hydrogens is 626 g/mol. The van der Waals surface area contributed by atoms with Gasteiger partial charge < -0.3 is 46.9 Å². The number of ether oxygens (including phenoxy) is 2. The van der Waals surface area contributed by atoms with Crippen molar-refractivity contribution < 1.29 is 34.4 Å². The summed E-state index contributed by atoms with van der Waals surface area (Å²) < 4.78 is 11.8. The topological polar surface area (TPSA) is 207 Å². The Morgan fingerprint density at radius 1 is 1.08 bits per heavy atom. The molecule has 6 rings (SSSR count). The van der Waals surface area contributed by atoms with E-state index < -0.39 is 30.0 Å². The molecule has 7 atom stereocenters. The maximum absolute atomic E-state index is 10.8. The molecule has 0 saturated carbocycles. The molecule has 1 saturated heterocycles. The molecule has 0 aromatic heterocycles. The highest BCUT2D eigenvalue weighted by Gasteiger charge is 2.64. The van der Waals surface area contributed by atoms with Gasteiger partial charge in [-0.05, 0) is 81.3 Å². The third-order valence-corrected chi connectivity index (χ3v) is 10.1. The van der Waals surface area contributed by atoms with Gasteiger partial charge in [-0.1, -0.05) is 56.3 Å². The first-order chi connectivity index (χ1) is 23.2. The molecular formula is C37H53N5O7. The minimum absolute atomic E-state index is 0.0129. The van der Waals surface area contributed by atoms with Gasteiger partial charge in [-0.15, -0.1) is 0 Å². The summed E-state index contributed by atoms with van der Waals surface area (Å²) in [4.78, 5) is 27.1. The second-order valence-electron chi connectivity index (χ2n) is 13.9. The zero-order valence-corrected chi connectivity index (χ0v) is 29.2. The monoisotopic (exact) mass is 679 g/mol. The smallest absolute Gasteiger partial charge is 0.320 e. The minimum atomic E-state index is -1.00. The molecule has 9 N–H and O–H groups in total. The fourth-order valence-electron chi connectivity index (χ4n) is 7.59. The van der Waals surface area contributed by atoms with Crippen LogP contribution in [0.25, 0.3) is 0 Å². The van der Waals surface area contributed by atoms with E-state index in [2.05, 4.69) is 42.9 Å². The highest BCUT2D eigenvalue weighted by Crippen LogP contribution is 2.62. The van der Waals surface area contributed by atoms with Crippen LogP contribution in [0.2, 0.25) is 0 Å². The number of aliphatic imine (C=N–C) groups is 1. The lowest BCUT2D eigenvalue weighted by Crippen LogP contribution is -2.64. The van der Waals surface area contributed by atoms with Gasteiger partial charge in [-0.2, -0.15) is 0 Å². The number of benzene rings is 2. The Bertz CT molecular complexity index is 1520. The molecule has 12 heteroatoms. The molecule has 2 aliphatic heterocycles. The van der Waals surface area contributed by atoms with Crippen LogP contribution in [0, 0.1) is 11.8 Å². The Morgan fingerprint density at radius 3 is 2.37 bits per heavy atom. The molecule has 0 amide bonds. The lowest BCUT2D eigenvalue weighted by molar-refractivity contribution is -0.139. The van der Waals surface area contributed by atoms with E-state index in [4.69, 9.17) is 36.9 Å². The Hall–Kier alpha value is -4.13. The number of nitrogens with two attached hydrogens (primary N) is 3. The first-order valence-corrected chi connectivity index (χ1v) is 17.0. The van der Waals surface area contributed by atoms with Crippen molar-refractivity contribution in [2.24, 2.45) is 34.0 Å². The van der Waals surface area contributed by atoms with Gasteiger partial charge >= 0.3 is 11.9 Å². The highest BCUT2D eigenvalue weighted by molar-refractivity contribution is 5.76. The standard InChI is InChI=1S/C18H21NO3.C13H18O2.C6H14N4O2/c1-19-8-7-18-11-4-5-13(20)17(18)22-16-14(21-2)6-3-10(15(16)18)9-12(11)19;1-9(2)8-11-4-6-12(7-5-11)10(3)13(14)15;7-4(5(11)12)2-1-3-10-6(8)9/h3-6,11-13,17,20H,7-9H2,1-2H3;4-7,9-10H,8H2,1-3H3,(H,14,15);4H,1-3,7H2,(H,11,12)(H4,8,9,10)/t11-,12+,13-,17-,18-;;4-/m0.0/s1. The number of carboxylic acid groups (broad SMARTS) is 2. The Labute approximate surface area is 289 Å². The number of likely N-dealkylation sites (N-methyl/N-ethyl adjacent to an activating group) is 1. The second-order valence-corrected chi connectivity index (χ2v) is 13.9. The van der Waals surface area contributed by atoms with E-state index in [1.807, 2.05) is 36.4 Å². The average molecular weight is 680 g/mol. The van der Waals surface area contributed by atoms with Crippen molar-refractivity contribution in [1.29, 1.82) is 0 Å². The molecule has 2 bridgehead atoms. The first-order valence-electron chi connectivity index (χ1n) is 17.0. The maximum atomic E-state index is 10.8. The number of aliphatic hydroxyl groups excluding tert-OH is 1. The van der Waals surface area contributed by atoms with Gasteiger partial charge in [0.05, 0.1) is 13.0 Å². The summed E-state index contributed by atoms with van der Waals surface area (Å²) in [5.41, 5.74) is 20.1. The van der Waals surface area contributed by atoms with Crippen LogP contribution in [-0.4, -0.2) is 89.7 Å². The number of aliphatic hydroxyl groups is 1. The zero-order valence-electron chi connectivity index (χ0n) is 29.2. The van der Waals surface area contributed by atoms with Crippen LogP contribution in [0.1, 0.15) is 68.2 Å². The molecule has 0 radical (unpaired) electrons. The minimum Gasteiger partial charge on any atom is -0.493 e. The van der Waals surface area contributed by atoms with Crippen molar-refractivity contribution in [1.82, 2.24) is 4.90 Å². The number of carboxylic acids is 2. The lowest BCUT2D eigenvalue weighted by Gasteiger charge is -2.56. The van der Waals surface area contributed by atoms with Crippen molar-refractivity contribution in [3.05, 3.63) is 70.8 Å². The number of hydrogen-bond donors (Lipinski definition) is 6. The third-order valence-electron chi connectivity index (χ3n) is 10.1. The predicted molar refractivity (Wildman–Crippen MR) is 189 cm³/mol. The Morgan fingerprint density at radius 2 is 1.78 bits per heavy atom. The van der Waals surface area contributed by atoms with Crippen LogP contribution in [0.15, 0.2) is 53.5 Å². The summed E-state index contributed by atoms with van der Waals surface area (Å²) in [6, 6.07) is 11.8. The fraction of sp³-hybridized carbons (Fsp3) is 0.541. The van der Waals surface area contributed by atoms with Crippen molar-refractivity contribution in [3.63, 3.8) is 0 Å². The van der Waals surface area contributed by atoms with Gasteiger partial charge in [-0.3, -0.25) is 14.6 Å². The van der Waals surface area contributed by atoms with Crippen molar-refractivity contribution in [2.75, 3.05) is 27.2 Å². The summed E-state index contributed by atoms with van der Waals surface area (Å²) >= 11 is 0. The zero-order chi connectivity index (χ0) is 36.0. The fourth-order valence-corrected chi connectivity index (χ4v) is 7.59. The number of piperidine rings is 1. The van der Waals surface area contributed by atoms with Crippen molar-refractivity contribution in [3.8, 4) is 11.5 Å². The number of carbonyl (C=O) groups is 2. The number of rotatable bonds is 10. The number of nitrogens with zero attached hydrogens (tertiary/aromatic N) is 2. The first kappa shape index (κ1) is 37.7. The number of aliphatic carboxylic acids is 2. The van der Waals surface area contributed by atoms with E-state index in [1.54, 1.807) is 14.0 Å². The van der Waals surface area contributed by atoms with Crippen LogP contribution < -0.4 is 26.7 Å². The molecule has 268 valence electrons. The number of guanidine groups is 1. The quantitative estimate of drug-likeness (QED) is 0.0931. The number of methoxy groups -OCH3 is 1. The van der Waals surface area contributed by atoms with Crippen LogP contribution in [-0.2, 0) is 27.8 Å². The van der Waals surface area contributed by atoms with E-state index in [1.165, 1.54) is 16.7 Å². The van der Waals surface area contributed by atoms with E-state index >= 15 is 0 Å². The van der Waals surface area contributed by atoms with E-state index in [-0.39, 0.29) is 17.5 Å². The Balaban J connectivity index is 0.000000177. The van der Waals surface area contributed by atoms with E-state index in [9.17, 15) is 14.7 Å². The molecule has 2 aromatic carbocycles. The summed E-state index contributed by atoms with van der Waals surface area (Å²) in [6.07, 6.45) is 7.53. The molecule has 4 aliphatic rings. The maximum Gasteiger partial charge on any atom is 0.320 e.